The lowest BCUT2D eigenvalue weighted by molar-refractivity contribution is -0.297. The lowest BCUT2D eigenvalue weighted by Gasteiger charge is -2.59. The number of carbonyl (C=O) groups is 1. The number of methoxy groups -OCH3 is 1. The first-order valence-electron chi connectivity index (χ1n) is 18.1. The fraction of sp³-hybridized carbons (Fsp3) is 0.865. The Morgan fingerprint density at radius 1 is 1.09 bits per heavy atom. The molecule has 10 nitrogen and oxygen atoms in total. The highest BCUT2D eigenvalue weighted by atomic mass is 16.7. The molecular weight excluding hydrogens is 604 g/mol. The molecule has 0 aromatic heterocycles. The van der Waals surface area contributed by atoms with Crippen molar-refractivity contribution in [2.24, 2.45) is 28.6 Å². The standard InChI is InChI=1S/C37H58O10/c1-8-42-20-43-30-19-31(45-22(3)32(30)38)46-23(4)37(40)16-13-28-26-10-9-24-18-25(47-34-33(39)29(41-7)17-21(2)44-34)11-14-35(24,5)27(26)12-15-36(28,37)6/h9,17,21-23,25-28,30-32,34,38,40H,8,10-16,18-20H2,1-7H3/t21-,22-,23+,25+,26-,27+,28+,30-,31+,32-,34+,35+,36+,37+/m1/s1. The molecule has 3 saturated carbocycles. The van der Waals surface area contributed by atoms with Crippen LogP contribution in [0, 0.1) is 28.6 Å². The molecule has 6 aliphatic rings. The van der Waals surface area contributed by atoms with Crippen LogP contribution in [0.5, 0.6) is 0 Å². The summed E-state index contributed by atoms with van der Waals surface area (Å²) in [5, 5.41) is 23.1. The molecule has 0 radical (unpaired) electrons. The van der Waals surface area contributed by atoms with Gasteiger partial charge in [0.15, 0.2) is 12.0 Å². The van der Waals surface area contributed by atoms with Crippen molar-refractivity contribution >= 4 is 5.78 Å². The minimum Gasteiger partial charge on any atom is -0.493 e. The van der Waals surface area contributed by atoms with Crippen molar-refractivity contribution < 1.29 is 48.2 Å². The van der Waals surface area contributed by atoms with Crippen molar-refractivity contribution in [1.29, 1.82) is 0 Å². The van der Waals surface area contributed by atoms with Crippen molar-refractivity contribution in [2.45, 2.75) is 154 Å². The number of allylic oxidation sites excluding steroid dienone is 1. The molecule has 0 spiro atoms. The number of fused-ring (bicyclic) bond motifs is 5. The monoisotopic (exact) mass is 662 g/mol. The molecule has 4 aliphatic carbocycles. The molecule has 1 saturated heterocycles. The van der Waals surface area contributed by atoms with Gasteiger partial charge in [0, 0.05) is 18.4 Å². The first kappa shape index (κ1) is 35.5. The SMILES string of the molecule is CCOCO[C@@H]1C[C@H](O[C@@H](C)[C@@]2(O)CC[C@H]3[C@@H]4CC=C5C[C@@H](O[C@@H]6O[C@H](C)C=C(OC)C6=O)CC[C@]5(C)[C@H]4CC[C@@]32C)O[C@H](C)[C@H]1O. The van der Waals surface area contributed by atoms with E-state index in [1.54, 1.807) is 6.08 Å². The van der Waals surface area contributed by atoms with E-state index in [-0.39, 0.29) is 35.6 Å². The fourth-order valence-electron chi connectivity index (χ4n) is 10.4. The molecule has 2 N–H and O–H groups in total. The molecule has 0 aromatic carbocycles. The van der Waals surface area contributed by atoms with Gasteiger partial charge in [0.1, 0.15) is 12.9 Å². The number of hydrogen-bond donors (Lipinski definition) is 2. The van der Waals surface area contributed by atoms with Crippen LogP contribution in [0.2, 0.25) is 0 Å². The van der Waals surface area contributed by atoms with E-state index < -0.39 is 42.6 Å². The highest BCUT2D eigenvalue weighted by molar-refractivity contribution is 5.96. The predicted molar refractivity (Wildman–Crippen MR) is 173 cm³/mol. The van der Waals surface area contributed by atoms with Crippen LogP contribution < -0.4 is 0 Å². The minimum atomic E-state index is -0.984. The van der Waals surface area contributed by atoms with Crippen LogP contribution in [0.15, 0.2) is 23.5 Å². The van der Waals surface area contributed by atoms with Gasteiger partial charge < -0.3 is 43.4 Å². The van der Waals surface area contributed by atoms with Gasteiger partial charge in [0.05, 0.1) is 43.2 Å². The number of Topliss-reactive ketones (excluding diaryl/α,β-unsaturated/α-hetero) is 1. The number of rotatable bonds is 10. The lowest BCUT2D eigenvalue weighted by atomic mass is 9.46. The summed E-state index contributed by atoms with van der Waals surface area (Å²) < 4.78 is 41.2. The molecule has 6 rings (SSSR count). The Kier molecular flexibility index (Phi) is 10.4. The zero-order chi connectivity index (χ0) is 33.7. The molecule has 0 aromatic rings. The summed E-state index contributed by atoms with van der Waals surface area (Å²) in [7, 11) is 1.51. The number of aliphatic hydroxyl groups excluding tert-OH is 1. The molecule has 0 unspecified atom stereocenters. The van der Waals surface area contributed by atoms with Crippen molar-refractivity contribution in [2.75, 3.05) is 20.5 Å². The van der Waals surface area contributed by atoms with Crippen molar-refractivity contribution in [3.63, 3.8) is 0 Å². The number of aliphatic hydroxyl groups is 2. The van der Waals surface area contributed by atoms with Gasteiger partial charge in [-0.3, -0.25) is 4.79 Å². The summed E-state index contributed by atoms with van der Waals surface area (Å²) >= 11 is 0. The Morgan fingerprint density at radius 3 is 2.60 bits per heavy atom. The molecule has 266 valence electrons. The minimum absolute atomic E-state index is 0.0679. The normalized spacial score (nSPS) is 47.3. The summed E-state index contributed by atoms with van der Waals surface area (Å²) in [5.41, 5.74) is 0.276. The predicted octanol–water partition coefficient (Wildman–Crippen LogP) is 5.19. The summed E-state index contributed by atoms with van der Waals surface area (Å²) in [6, 6.07) is 0. The van der Waals surface area contributed by atoms with E-state index in [0.717, 1.165) is 44.9 Å². The van der Waals surface area contributed by atoms with Gasteiger partial charge >= 0.3 is 0 Å². The maximum Gasteiger partial charge on any atom is 0.252 e. The lowest BCUT2D eigenvalue weighted by Crippen LogP contribution is -2.59. The quantitative estimate of drug-likeness (QED) is 0.184. The molecule has 47 heavy (non-hydrogen) atoms. The zero-order valence-electron chi connectivity index (χ0n) is 29.4. The van der Waals surface area contributed by atoms with Crippen LogP contribution in [0.1, 0.15) is 99.3 Å². The smallest absolute Gasteiger partial charge is 0.252 e. The van der Waals surface area contributed by atoms with E-state index in [1.165, 1.54) is 12.7 Å². The van der Waals surface area contributed by atoms with E-state index in [0.29, 0.717) is 43.0 Å². The third-order valence-corrected chi connectivity index (χ3v) is 13.2. The van der Waals surface area contributed by atoms with E-state index in [2.05, 4.69) is 19.9 Å². The first-order valence-corrected chi connectivity index (χ1v) is 18.1. The number of ether oxygens (including phenoxy) is 7. The van der Waals surface area contributed by atoms with Gasteiger partial charge in [0.2, 0.25) is 6.29 Å². The second-order valence-electron chi connectivity index (χ2n) is 15.5. The topological polar surface area (TPSA) is 122 Å². The highest BCUT2D eigenvalue weighted by Crippen LogP contribution is 2.68. The highest BCUT2D eigenvalue weighted by Gasteiger charge is 2.65. The van der Waals surface area contributed by atoms with E-state index in [9.17, 15) is 15.0 Å². The Morgan fingerprint density at radius 2 is 1.85 bits per heavy atom. The van der Waals surface area contributed by atoms with Gasteiger partial charge in [-0.05, 0) is 108 Å². The zero-order valence-corrected chi connectivity index (χ0v) is 29.4. The first-order chi connectivity index (χ1) is 22.3. The summed E-state index contributed by atoms with van der Waals surface area (Å²) in [4.78, 5) is 12.8. The van der Waals surface area contributed by atoms with Crippen molar-refractivity contribution in [3.8, 4) is 0 Å². The second-order valence-corrected chi connectivity index (χ2v) is 15.5. The van der Waals surface area contributed by atoms with Gasteiger partial charge in [-0.25, -0.2) is 0 Å². The van der Waals surface area contributed by atoms with Gasteiger partial charge in [-0.2, -0.15) is 0 Å². The van der Waals surface area contributed by atoms with Gasteiger partial charge in [-0.1, -0.05) is 25.5 Å². The molecule has 14 atom stereocenters. The summed E-state index contributed by atoms with van der Waals surface area (Å²) in [6.45, 7) is 13.0. The van der Waals surface area contributed by atoms with E-state index in [4.69, 9.17) is 33.2 Å². The average Bonchev–Trinajstić information content (AvgIpc) is 3.32. The van der Waals surface area contributed by atoms with Gasteiger partial charge in [-0.15, -0.1) is 0 Å². The maximum absolute atomic E-state index is 12.8. The molecular formula is C37H58O10. The van der Waals surface area contributed by atoms with Gasteiger partial charge in [0.25, 0.3) is 5.78 Å². The summed E-state index contributed by atoms with van der Waals surface area (Å²) in [6.07, 6.45) is 7.99. The number of ketones is 1. The van der Waals surface area contributed by atoms with Crippen LogP contribution in [-0.2, 0) is 38.0 Å². The third kappa shape index (κ3) is 6.28. The van der Waals surface area contributed by atoms with Crippen molar-refractivity contribution in [1.82, 2.24) is 0 Å². The summed E-state index contributed by atoms with van der Waals surface area (Å²) in [5.74, 6) is 1.50. The van der Waals surface area contributed by atoms with Crippen LogP contribution in [-0.4, -0.2) is 91.3 Å². The maximum atomic E-state index is 12.8. The molecule has 4 fully saturated rings. The van der Waals surface area contributed by atoms with E-state index in [1.807, 2.05) is 27.7 Å². The van der Waals surface area contributed by atoms with Crippen LogP contribution in [0.3, 0.4) is 0 Å². The fourth-order valence-corrected chi connectivity index (χ4v) is 10.4. The molecule has 2 aliphatic heterocycles. The molecule has 2 heterocycles. The Balaban J connectivity index is 1.11. The Bertz CT molecular complexity index is 1200. The third-order valence-electron chi connectivity index (χ3n) is 13.2. The van der Waals surface area contributed by atoms with E-state index >= 15 is 0 Å². The second kappa shape index (κ2) is 13.7. The van der Waals surface area contributed by atoms with Crippen LogP contribution in [0.4, 0.5) is 0 Å². The molecule has 0 amide bonds. The molecule has 10 heteroatoms. The van der Waals surface area contributed by atoms with Crippen molar-refractivity contribution in [3.05, 3.63) is 23.5 Å². The van der Waals surface area contributed by atoms with Crippen LogP contribution >= 0.6 is 0 Å². The number of carbonyl (C=O) groups excluding carboxylic acids is 1. The van der Waals surface area contributed by atoms with Crippen LogP contribution in [0.25, 0.3) is 0 Å². The average molecular weight is 663 g/mol. The Hall–Kier alpha value is -1.37. The largest absolute Gasteiger partial charge is 0.493 e. The number of hydrogen-bond acceptors (Lipinski definition) is 10. The molecule has 0 bridgehead atoms. The Labute approximate surface area is 280 Å².